The molecule has 1 unspecified atom stereocenters. The molecule has 0 saturated carbocycles. The van der Waals surface area contributed by atoms with Gasteiger partial charge in [-0.1, -0.05) is 39.7 Å². The van der Waals surface area contributed by atoms with E-state index in [0.29, 0.717) is 10.6 Å². The molecule has 2 nitrogen and oxygen atoms in total. The maximum absolute atomic E-state index is 12.4. The summed E-state index contributed by atoms with van der Waals surface area (Å²) in [6, 6.07) is 15.0. The molecule has 0 heterocycles. The average Bonchev–Trinajstić information content (AvgIpc) is 2.49. The highest BCUT2D eigenvalue weighted by atomic mass is 79.9. The zero-order valence-corrected chi connectivity index (χ0v) is 14.4. The molecular formula is C17H17BrClNO. The first kappa shape index (κ1) is 16.2. The molecule has 0 radical (unpaired) electrons. The fraction of sp³-hybridized carbons (Fsp3) is 0.235. The predicted octanol–water partition coefficient (Wildman–Crippen LogP) is 4.81. The van der Waals surface area contributed by atoms with E-state index < -0.39 is 0 Å². The zero-order valence-electron chi connectivity index (χ0n) is 12.0. The van der Waals surface area contributed by atoms with Crippen molar-refractivity contribution < 1.29 is 4.79 Å². The molecule has 0 aliphatic carbocycles. The van der Waals surface area contributed by atoms with Gasteiger partial charge < -0.3 is 0 Å². The molecule has 21 heavy (non-hydrogen) atoms. The van der Waals surface area contributed by atoms with E-state index in [9.17, 15) is 4.79 Å². The Morgan fingerprint density at radius 1 is 1.14 bits per heavy atom. The lowest BCUT2D eigenvalue weighted by molar-refractivity contribution is 0.0862. The van der Waals surface area contributed by atoms with Gasteiger partial charge in [-0.05, 0) is 55.9 Å². The van der Waals surface area contributed by atoms with Gasteiger partial charge in [-0.15, -0.1) is 0 Å². The molecule has 0 aliphatic rings. The number of nitrogens with zero attached hydrogens (tertiary/aromatic N) is 1. The topological polar surface area (TPSA) is 20.3 Å². The molecule has 0 saturated heterocycles. The van der Waals surface area contributed by atoms with Gasteiger partial charge in [-0.2, -0.15) is 0 Å². The van der Waals surface area contributed by atoms with Gasteiger partial charge in [0.05, 0.1) is 6.04 Å². The van der Waals surface area contributed by atoms with Crippen LogP contribution in [-0.2, 0) is 6.54 Å². The Hall–Kier alpha value is -1.16. The fourth-order valence-corrected chi connectivity index (χ4v) is 2.46. The van der Waals surface area contributed by atoms with E-state index in [-0.39, 0.29) is 11.8 Å². The van der Waals surface area contributed by atoms with Crippen LogP contribution in [-0.4, -0.2) is 23.8 Å². The van der Waals surface area contributed by atoms with Crippen LogP contribution in [0.25, 0.3) is 0 Å². The van der Waals surface area contributed by atoms with Crippen molar-refractivity contribution in [3.05, 3.63) is 69.2 Å². The highest BCUT2D eigenvalue weighted by Crippen LogP contribution is 2.16. The number of rotatable bonds is 5. The number of halogens is 2. The van der Waals surface area contributed by atoms with Gasteiger partial charge in [0.2, 0.25) is 0 Å². The van der Waals surface area contributed by atoms with Crippen molar-refractivity contribution in [2.24, 2.45) is 0 Å². The van der Waals surface area contributed by atoms with Crippen molar-refractivity contribution in [2.75, 3.05) is 7.05 Å². The van der Waals surface area contributed by atoms with E-state index in [1.54, 1.807) is 24.3 Å². The van der Waals surface area contributed by atoms with Crippen molar-refractivity contribution >= 4 is 33.3 Å². The Balaban J connectivity index is 2.04. The molecule has 4 heteroatoms. The Kier molecular flexibility index (Phi) is 5.57. The summed E-state index contributed by atoms with van der Waals surface area (Å²) in [5.41, 5.74) is 1.87. The Labute approximate surface area is 138 Å². The number of hydrogen-bond donors (Lipinski definition) is 0. The lowest BCUT2D eigenvalue weighted by Gasteiger charge is -2.23. The number of ketones is 1. The molecule has 2 rings (SSSR count). The highest BCUT2D eigenvalue weighted by molar-refractivity contribution is 9.10. The van der Waals surface area contributed by atoms with Gasteiger partial charge in [-0.3, -0.25) is 9.69 Å². The molecular weight excluding hydrogens is 350 g/mol. The van der Waals surface area contributed by atoms with Crippen LogP contribution in [0, 0.1) is 0 Å². The molecule has 0 aromatic heterocycles. The van der Waals surface area contributed by atoms with Crippen LogP contribution in [0.1, 0.15) is 22.8 Å². The van der Waals surface area contributed by atoms with E-state index in [4.69, 9.17) is 11.6 Å². The minimum atomic E-state index is -0.185. The summed E-state index contributed by atoms with van der Waals surface area (Å²) in [7, 11) is 1.96. The average molecular weight is 367 g/mol. The van der Waals surface area contributed by atoms with Gasteiger partial charge in [0, 0.05) is 21.6 Å². The van der Waals surface area contributed by atoms with Crippen molar-refractivity contribution in [3.63, 3.8) is 0 Å². The van der Waals surface area contributed by atoms with Gasteiger partial charge in [-0.25, -0.2) is 0 Å². The van der Waals surface area contributed by atoms with Gasteiger partial charge >= 0.3 is 0 Å². The van der Waals surface area contributed by atoms with Crippen LogP contribution in [0.15, 0.2) is 53.0 Å². The largest absolute Gasteiger partial charge is 0.292 e. The molecule has 0 N–H and O–H groups in total. The maximum atomic E-state index is 12.4. The third-order valence-corrected chi connectivity index (χ3v) is 4.30. The van der Waals surface area contributed by atoms with Crippen LogP contribution in [0.3, 0.4) is 0 Å². The van der Waals surface area contributed by atoms with E-state index in [0.717, 1.165) is 11.0 Å². The molecule has 2 aromatic carbocycles. The van der Waals surface area contributed by atoms with Crippen LogP contribution >= 0.6 is 27.5 Å². The highest BCUT2D eigenvalue weighted by Gasteiger charge is 2.19. The molecule has 2 aromatic rings. The number of carbonyl (C=O) groups excluding carboxylic acids is 1. The van der Waals surface area contributed by atoms with Crippen molar-refractivity contribution in [2.45, 2.75) is 19.5 Å². The monoisotopic (exact) mass is 365 g/mol. The van der Waals surface area contributed by atoms with Gasteiger partial charge in [0.25, 0.3) is 0 Å². The zero-order chi connectivity index (χ0) is 15.4. The SMILES string of the molecule is CC(C(=O)c1ccc(Cl)cc1)N(C)Cc1ccc(Br)cc1. The van der Waals surface area contributed by atoms with Crippen LogP contribution in [0.2, 0.25) is 5.02 Å². The minimum absolute atomic E-state index is 0.103. The molecule has 0 fully saturated rings. The Bertz CT molecular complexity index is 610. The summed E-state index contributed by atoms with van der Waals surface area (Å²) >= 11 is 9.27. The van der Waals surface area contributed by atoms with Crippen LogP contribution < -0.4 is 0 Å². The van der Waals surface area contributed by atoms with E-state index in [1.165, 1.54) is 5.56 Å². The lowest BCUT2D eigenvalue weighted by atomic mass is 10.0. The Morgan fingerprint density at radius 2 is 1.71 bits per heavy atom. The molecule has 0 spiro atoms. The van der Waals surface area contributed by atoms with Gasteiger partial charge in [0.1, 0.15) is 0 Å². The summed E-state index contributed by atoms with van der Waals surface area (Å²) in [5, 5.41) is 0.641. The summed E-state index contributed by atoms with van der Waals surface area (Å²) in [5.74, 6) is 0.103. The summed E-state index contributed by atoms with van der Waals surface area (Å²) in [4.78, 5) is 14.5. The fourth-order valence-electron chi connectivity index (χ4n) is 2.07. The third-order valence-electron chi connectivity index (χ3n) is 3.51. The smallest absolute Gasteiger partial charge is 0.179 e. The molecule has 110 valence electrons. The molecule has 0 aliphatic heterocycles. The maximum Gasteiger partial charge on any atom is 0.179 e. The first-order chi connectivity index (χ1) is 9.97. The third kappa shape index (κ3) is 4.40. The van der Waals surface area contributed by atoms with E-state index in [2.05, 4.69) is 28.1 Å². The number of carbonyl (C=O) groups is 1. The first-order valence-electron chi connectivity index (χ1n) is 6.72. The predicted molar refractivity (Wildman–Crippen MR) is 90.9 cm³/mol. The van der Waals surface area contributed by atoms with Crippen molar-refractivity contribution in [1.29, 1.82) is 0 Å². The second kappa shape index (κ2) is 7.21. The quantitative estimate of drug-likeness (QED) is 0.708. The minimum Gasteiger partial charge on any atom is -0.292 e. The second-order valence-electron chi connectivity index (χ2n) is 5.09. The number of Topliss-reactive ketones (excluding diaryl/α,β-unsaturated/α-hetero) is 1. The number of likely N-dealkylation sites (N-methyl/N-ethyl adjacent to an activating group) is 1. The summed E-state index contributed by atoms with van der Waals surface area (Å²) in [6.07, 6.45) is 0. The van der Waals surface area contributed by atoms with Crippen LogP contribution in [0.4, 0.5) is 0 Å². The normalized spacial score (nSPS) is 12.4. The number of hydrogen-bond acceptors (Lipinski definition) is 2. The van der Waals surface area contributed by atoms with Gasteiger partial charge in [0.15, 0.2) is 5.78 Å². The van der Waals surface area contributed by atoms with Crippen molar-refractivity contribution in [1.82, 2.24) is 4.90 Å². The standard InChI is InChI=1S/C17H17BrClNO/c1-12(17(21)14-5-9-16(19)10-6-14)20(2)11-13-3-7-15(18)8-4-13/h3-10,12H,11H2,1-2H3. The summed E-state index contributed by atoms with van der Waals surface area (Å²) in [6.45, 7) is 2.66. The molecule has 0 amide bonds. The summed E-state index contributed by atoms with van der Waals surface area (Å²) < 4.78 is 1.05. The lowest BCUT2D eigenvalue weighted by Crippen LogP contribution is -2.35. The van der Waals surface area contributed by atoms with Crippen molar-refractivity contribution in [3.8, 4) is 0 Å². The van der Waals surface area contributed by atoms with Crippen LogP contribution in [0.5, 0.6) is 0 Å². The Morgan fingerprint density at radius 3 is 2.29 bits per heavy atom. The molecule has 0 bridgehead atoms. The van der Waals surface area contributed by atoms with E-state index in [1.807, 2.05) is 31.0 Å². The first-order valence-corrected chi connectivity index (χ1v) is 7.89. The van der Waals surface area contributed by atoms with E-state index >= 15 is 0 Å². The molecule has 1 atom stereocenters. The second-order valence-corrected chi connectivity index (χ2v) is 6.44. The number of benzene rings is 2.